The fraction of sp³-hybridized carbons (Fsp3) is 0.222. The largest absolute Gasteiger partial charge is 0.245 e. The van der Waals surface area contributed by atoms with Gasteiger partial charge in [0.25, 0.3) is 0 Å². The molecule has 1 nitrogen and oxygen atoms in total. The number of thiophene rings is 1. The molecule has 0 bridgehead atoms. The summed E-state index contributed by atoms with van der Waals surface area (Å²) in [7, 11) is 0. The molecule has 0 atom stereocenters. The van der Waals surface area contributed by atoms with Crippen molar-refractivity contribution in [3.63, 3.8) is 0 Å². The molecule has 3 heteroatoms. The molecular weight excluding hydrogens is 186 g/mol. The van der Waals surface area contributed by atoms with Gasteiger partial charge >= 0.3 is 0 Å². The molecule has 0 spiro atoms. The highest BCUT2D eigenvalue weighted by Crippen LogP contribution is 2.34. The van der Waals surface area contributed by atoms with E-state index in [9.17, 15) is 0 Å². The Morgan fingerprint density at radius 1 is 1.50 bits per heavy atom. The van der Waals surface area contributed by atoms with Crippen LogP contribution in [0, 0.1) is 6.92 Å². The smallest absolute Gasteiger partial charge is 0.124 e. The molecule has 0 aliphatic carbocycles. The lowest BCUT2D eigenvalue weighted by Gasteiger charge is -1.90. The van der Waals surface area contributed by atoms with Crippen molar-refractivity contribution in [1.29, 1.82) is 0 Å². The molecule has 0 amide bonds. The van der Waals surface area contributed by atoms with Gasteiger partial charge < -0.3 is 0 Å². The molecule has 0 saturated heterocycles. The maximum absolute atomic E-state index is 4.32. The van der Waals surface area contributed by atoms with Gasteiger partial charge in [0.15, 0.2) is 0 Å². The maximum atomic E-state index is 4.32. The zero-order valence-electron chi connectivity index (χ0n) is 7.00. The Morgan fingerprint density at radius 2 is 2.33 bits per heavy atom. The minimum Gasteiger partial charge on any atom is -0.245 e. The van der Waals surface area contributed by atoms with E-state index in [-0.39, 0.29) is 0 Å². The monoisotopic (exact) mass is 195 g/mol. The summed E-state index contributed by atoms with van der Waals surface area (Å²) in [4.78, 5) is 5.47. The minimum absolute atomic E-state index is 1.15. The van der Waals surface area contributed by atoms with Crippen LogP contribution in [0.25, 0.3) is 10.2 Å². The number of aromatic nitrogens is 1. The number of rotatable bonds is 1. The third-order valence-corrected chi connectivity index (χ3v) is 4.29. The summed E-state index contributed by atoms with van der Waals surface area (Å²) < 4.78 is 1.38. The van der Waals surface area contributed by atoms with Gasteiger partial charge in [-0.1, -0.05) is 6.07 Å². The van der Waals surface area contributed by atoms with Gasteiger partial charge in [-0.25, -0.2) is 4.98 Å². The lowest BCUT2D eigenvalue weighted by molar-refractivity contribution is 1.42. The van der Waals surface area contributed by atoms with Gasteiger partial charge in [-0.15, -0.1) is 23.1 Å². The Hall–Kier alpha value is -0.540. The van der Waals surface area contributed by atoms with Crippen LogP contribution in [0.2, 0.25) is 0 Å². The Kier molecular flexibility index (Phi) is 2.07. The van der Waals surface area contributed by atoms with E-state index in [1.807, 2.05) is 12.3 Å². The molecule has 2 heterocycles. The fourth-order valence-electron chi connectivity index (χ4n) is 1.23. The van der Waals surface area contributed by atoms with Gasteiger partial charge in [-0.05, 0) is 24.8 Å². The van der Waals surface area contributed by atoms with Crippen LogP contribution < -0.4 is 0 Å². The molecule has 2 aromatic rings. The van der Waals surface area contributed by atoms with Crippen molar-refractivity contribution in [2.24, 2.45) is 0 Å². The molecule has 0 fully saturated rings. The average molecular weight is 195 g/mol. The second-order valence-electron chi connectivity index (χ2n) is 2.57. The average Bonchev–Trinajstić information content (AvgIpc) is 2.44. The number of aryl methyl sites for hydroxylation is 1. The summed E-state index contributed by atoms with van der Waals surface area (Å²) >= 11 is 3.58. The quantitative estimate of drug-likeness (QED) is 0.647. The summed E-state index contributed by atoms with van der Waals surface area (Å²) in [5.41, 5.74) is 1.37. The highest BCUT2D eigenvalue weighted by Gasteiger charge is 2.06. The molecule has 0 unspecified atom stereocenters. The second kappa shape index (κ2) is 3.07. The zero-order valence-corrected chi connectivity index (χ0v) is 8.63. The first-order chi connectivity index (χ1) is 5.83. The second-order valence-corrected chi connectivity index (χ2v) is 4.65. The number of hydrogen-bond acceptors (Lipinski definition) is 3. The van der Waals surface area contributed by atoms with E-state index in [4.69, 9.17) is 0 Å². The highest BCUT2D eigenvalue weighted by molar-refractivity contribution is 8.00. The number of thioether (sulfide) groups is 1. The molecule has 0 aliphatic heterocycles. The maximum Gasteiger partial charge on any atom is 0.124 e. The summed E-state index contributed by atoms with van der Waals surface area (Å²) in [5, 5.41) is 1.30. The van der Waals surface area contributed by atoms with Gasteiger partial charge in [0.05, 0.1) is 4.21 Å². The van der Waals surface area contributed by atoms with Crippen LogP contribution in [0.15, 0.2) is 22.5 Å². The predicted octanol–water partition coefficient (Wildman–Crippen LogP) is 3.33. The molecular formula is C9H9NS2. The van der Waals surface area contributed by atoms with E-state index in [2.05, 4.69) is 24.2 Å². The lowest BCUT2D eigenvalue weighted by atomic mass is 10.2. The number of hydrogen-bond donors (Lipinski definition) is 0. The van der Waals surface area contributed by atoms with E-state index in [0.29, 0.717) is 0 Å². The van der Waals surface area contributed by atoms with Gasteiger partial charge in [-0.3, -0.25) is 0 Å². The first kappa shape index (κ1) is 8.08. The lowest BCUT2D eigenvalue weighted by Crippen LogP contribution is -1.71. The summed E-state index contributed by atoms with van der Waals surface area (Å²) in [6.45, 7) is 2.16. The SMILES string of the molecule is CSc1sc2ncccc2c1C. The van der Waals surface area contributed by atoms with E-state index < -0.39 is 0 Å². The van der Waals surface area contributed by atoms with Gasteiger partial charge in [-0.2, -0.15) is 0 Å². The van der Waals surface area contributed by atoms with E-state index in [1.54, 1.807) is 23.1 Å². The van der Waals surface area contributed by atoms with Crippen molar-refractivity contribution in [3.05, 3.63) is 23.9 Å². The van der Waals surface area contributed by atoms with Crippen LogP contribution >= 0.6 is 23.1 Å². The predicted molar refractivity (Wildman–Crippen MR) is 56.1 cm³/mol. The van der Waals surface area contributed by atoms with E-state index in [1.165, 1.54) is 15.2 Å². The van der Waals surface area contributed by atoms with Crippen LogP contribution in [-0.2, 0) is 0 Å². The van der Waals surface area contributed by atoms with Crippen molar-refractivity contribution in [1.82, 2.24) is 4.98 Å². The van der Waals surface area contributed by atoms with Crippen LogP contribution in [0.5, 0.6) is 0 Å². The Bertz CT molecular complexity index is 406. The first-order valence-corrected chi connectivity index (χ1v) is 5.75. The molecule has 2 aromatic heterocycles. The summed E-state index contributed by atoms with van der Waals surface area (Å²) in [6.07, 6.45) is 3.96. The summed E-state index contributed by atoms with van der Waals surface area (Å²) in [6, 6.07) is 4.13. The molecule has 0 N–H and O–H groups in total. The van der Waals surface area contributed by atoms with Crippen molar-refractivity contribution in [2.75, 3.05) is 6.26 Å². The van der Waals surface area contributed by atoms with Crippen LogP contribution in [-0.4, -0.2) is 11.2 Å². The van der Waals surface area contributed by atoms with Crippen molar-refractivity contribution < 1.29 is 0 Å². The highest BCUT2D eigenvalue weighted by atomic mass is 32.2. The molecule has 2 rings (SSSR count). The fourth-order valence-corrected chi connectivity index (χ4v) is 3.10. The topological polar surface area (TPSA) is 12.9 Å². The molecule has 62 valence electrons. The van der Waals surface area contributed by atoms with E-state index >= 15 is 0 Å². The zero-order chi connectivity index (χ0) is 8.55. The van der Waals surface area contributed by atoms with Gasteiger partial charge in [0, 0.05) is 11.6 Å². The third kappa shape index (κ3) is 1.13. The van der Waals surface area contributed by atoms with E-state index in [0.717, 1.165) is 4.83 Å². The molecule has 0 radical (unpaired) electrons. The Balaban J connectivity index is 2.78. The number of pyridine rings is 1. The van der Waals surface area contributed by atoms with Crippen LogP contribution in [0.1, 0.15) is 5.56 Å². The van der Waals surface area contributed by atoms with Crippen molar-refractivity contribution >= 4 is 33.3 Å². The van der Waals surface area contributed by atoms with Crippen molar-refractivity contribution in [3.8, 4) is 0 Å². The van der Waals surface area contributed by atoms with Gasteiger partial charge in [0.2, 0.25) is 0 Å². The third-order valence-electron chi connectivity index (χ3n) is 1.86. The minimum atomic E-state index is 1.15. The van der Waals surface area contributed by atoms with Gasteiger partial charge in [0.1, 0.15) is 4.83 Å². The molecule has 12 heavy (non-hydrogen) atoms. The Labute approximate surface area is 79.8 Å². The Morgan fingerprint density at radius 3 is 3.00 bits per heavy atom. The molecule has 0 saturated carbocycles. The van der Waals surface area contributed by atoms with Crippen molar-refractivity contribution in [2.45, 2.75) is 11.1 Å². The van der Waals surface area contributed by atoms with Crippen LogP contribution in [0.3, 0.4) is 0 Å². The standard InChI is InChI=1S/C9H9NS2/c1-6-7-4-3-5-10-8(7)12-9(6)11-2/h3-5H,1-2H3. The molecule has 0 aromatic carbocycles. The first-order valence-electron chi connectivity index (χ1n) is 3.71. The molecule has 0 aliphatic rings. The summed E-state index contributed by atoms with van der Waals surface area (Å²) in [5.74, 6) is 0. The normalized spacial score (nSPS) is 10.8. The number of nitrogens with zero attached hydrogens (tertiary/aromatic N) is 1. The number of fused-ring (bicyclic) bond motifs is 1. The van der Waals surface area contributed by atoms with Crippen LogP contribution in [0.4, 0.5) is 0 Å².